The van der Waals surface area contributed by atoms with Crippen LogP contribution in [0.2, 0.25) is 0 Å². The highest BCUT2D eigenvalue weighted by Crippen LogP contribution is 2.41. The lowest BCUT2D eigenvalue weighted by Crippen LogP contribution is -2.35. The van der Waals surface area contributed by atoms with E-state index in [1.165, 1.54) is 0 Å². The molecule has 69 heavy (non-hydrogen) atoms. The van der Waals surface area contributed by atoms with Gasteiger partial charge in [-0.3, -0.25) is 14.2 Å². The molecule has 1 atom stereocenters. The summed E-state index contributed by atoms with van der Waals surface area (Å²) in [5, 5.41) is 18.6. The number of azo groups is 2. The van der Waals surface area contributed by atoms with Crippen molar-refractivity contribution in [2.45, 2.75) is 45.7 Å². The van der Waals surface area contributed by atoms with Gasteiger partial charge < -0.3 is 28.6 Å². The van der Waals surface area contributed by atoms with Gasteiger partial charge in [0.1, 0.15) is 22.9 Å². The maximum Gasteiger partial charge on any atom is 0.281 e. The lowest BCUT2D eigenvalue weighted by Gasteiger charge is -2.21. The molecule has 4 heterocycles. The maximum atomic E-state index is 14.2. The maximum absolute atomic E-state index is 14.2. The standard InChI is InChI=1S/C54H62N10O5/c1-38-45(61-29-15-11-16-30-61)37-63(33-19-27-59(3)4)52(65)49(38)57-55-43-25-23-41(35-46(43)67-7)48(40-21-13-10-14-22-40)42-24-26-44(47(36-42)68-8)56-58-50-39(2)51(62-31-17-12-18-32-62)54(69-9)64(53(50)66)34-20-28-60(5)6/h10-18,21-26,29-32,35-37,48H,19-20,27-28,33-34H2,1-9H3/q+2. The van der Waals surface area contributed by atoms with Crippen LogP contribution < -0.4 is 34.5 Å². The molecule has 356 valence electrons. The fraction of sp³-hybridized carbons (Fsp3) is 0.296. The summed E-state index contributed by atoms with van der Waals surface area (Å²) in [5.74, 6) is 1.14. The van der Waals surface area contributed by atoms with Gasteiger partial charge in [-0.1, -0.05) is 54.6 Å². The van der Waals surface area contributed by atoms with Gasteiger partial charge in [0.25, 0.3) is 22.7 Å². The number of pyridine rings is 4. The minimum Gasteiger partial charge on any atom is -0.494 e. The summed E-state index contributed by atoms with van der Waals surface area (Å²) in [6.45, 7) is 6.33. The number of hydrogen-bond acceptors (Lipinski definition) is 11. The third-order valence-corrected chi connectivity index (χ3v) is 12.0. The molecular formula is C54H62N10O5+2. The molecule has 15 nitrogen and oxygen atoms in total. The third-order valence-electron chi connectivity index (χ3n) is 12.0. The fourth-order valence-electron chi connectivity index (χ4n) is 8.43. The summed E-state index contributed by atoms with van der Waals surface area (Å²) in [6.07, 6.45) is 11.1. The van der Waals surface area contributed by atoms with Crippen molar-refractivity contribution < 1.29 is 23.3 Å². The zero-order chi connectivity index (χ0) is 49.0. The molecule has 0 saturated heterocycles. The first-order valence-electron chi connectivity index (χ1n) is 23.0. The molecule has 3 aromatic carbocycles. The van der Waals surface area contributed by atoms with Crippen molar-refractivity contribution in [3.63, 3.8) is 0 Å². The topological polar surface area (TPSA) is 135 Å². The van der Waals surface area contributed by atoms with E-state index in [1.807, 2.05) is 173 Å². The largest absolute Gasteiger partial charge is 0.494 e. The molecule has 0 saturated carbocycles. The van der Waals surface area contributed by atoms with Crippen molar-refractivity contribution in [3.05, 3.63) is 183 Å². The van der Waals surface area contributed by atoms with Gasteiger partial charge in [0.2, 0.25) is 5.69 Å². The Labute approximate surface area is 403 Å². The van der Waals surface area contributed by atoms with E-state index < -0.39 is 0 Å². The molecule has 0 fully saturated rings. The van der Waals surface area contributed by atoms with Crippen LogP contribution in [0.1, 0.15) is 46.6 Å². The third kappa shape index (κ3) is 11.4. The number of nitrogens with zero attached hydrogens (tertiary/aromatic N) is 10. The summed E-state index contributed by atoms with van der Waals surface area (Å²) >= 11 is 0. The van der Waals surface area contributed by atoms with Gasteiger partial charge in [0.15, 0.2) is 36.2 Å². The van der Waals surface area contributed by atoms with E-state index in [-0.39, 0.29) is 28.4 Å². The van der Waals surface area contributed by atoms with E-state index in [9.17, 15) is 9.59 Å². The normalized spacial score (nSPS) is 12.1. The molecule has 0 aliphatic rings. The number of rotatable bonds is 20. The number of aromatic nitrogens is 4. The Morgan fingerprint density at radius 2 is 1.07 bits per heavy atom. The molecule has 0 aliphatic heterocycles. The van der Waals surface area contributed by atoms with Crippen molar-refractivity contribution in [3.8, 4) is 28.8 Å². The summed E-state index contributed by atoms with van der Waals surface area (Å²) in [4.78, 5) is 32.4. The predicted molar refractivity (Wildman–Crippen MR) is 269 cm³/mol. The number of aryl methyl sites for hydroxylation is 1. The molecule has 15 heteroatoms. The fourth-order valence-corrected chi connectivity index (χ4v) is 8.43. The van der Waals surface area contributed by atoms with Crippen LogP contribution in [0.5, 0.6) is 17.4 Å². The highest BCUT2D eigenvalue weighted by Gasteiger charge is 2.28. The highest BCUT2D eigenvalue weighted by molar-refractivity contribution is 5.61. The average molecular weight is 931 g/mol. The first-order chi connectivity index (χ1) is 33.4. The minimum atomic E-state index is -0.300. The number of hydrogen-bond donors (Lipinski definition) is 0. The van der Waals surface area contributed by atoms with Crippen LogP contribution in [-0.4, -0.2) is 81.5 Å². The van der Waals surface area contributed by atoms with Gasteiger partial charge in [0, 0.05) is 43.3 Å². The molecule has 0 aliphatic carbocycles. The van der Waals surface area contributed by atoms with Crippen LogP contribution in [0.15, 0.2) is 164 Å². The zero-order valence-corrected chi connectivity index (χ0v) is 41.0. The first kappa shape index (κ1) is 49.3. The van der Waals surface area contributed by atoms with Gasteiger partial charge in [0.05, 0.1) is 38.7 Å². The Hall–Kier alpha value is -7.62. The first-order valence-corrected chi connectivity index (χ1v) is 23.0. The quantitative estimate of drug-likeness (QED) is 0.0423. The van der Waals surface area contributed by atoms with Crippen LogP contribution in [0.3, 0.4) is 0 Å². The Morgan fingerprint density at radius 1 is 0.565 bits per heavy atom. The van der Waals surface area contributed by atoms with Crippen molar-refractivity contribution >= 4 is 22.7 Å². The second-order valence-electron chi connectivity index (χ2n) is 17.3. The molecule has 0 bridgehead atoms. The van der Waals surface area contributed by atoms with Gasteiger partial charge in [-0.2, -0.15) is 9.13 Å². The van der Waals surface area contributed by atoms with Crippen molar-refractivity contribution in [2.24, 2.45) is 20.5 Å². The molecule has 1 unspecified atom stereocenters. The smallest absolute Gasteiger partial charge is 0.281 e. The summed E-state index contributed by atoms with van der Waals surface area (Å²) in [5.41, 5.74) is 6.61. The highest BCUT2D eigenvalue weighted by atomic mass is 16.5. The minimum absolute atomic E-state index is 0.202. The van der Waals surface area contributed by atoms with E-state index in [0.717, 1.165) is 48.3 Å². The van der Waals surface area contributed by atoms with Gasteiger partial charge in [-0.25, -0.2) is 0 Å². The van der Waals surface area contributed by atoms with Crippen LogP contribution in [0.4, 0.5) is 22.7 Å². The van der Waals surface area contributed by atoms with E-state index in [1.54, 1.807) is 30.5 Å². The van der Waals surface area contributed by atoms with E-state index in [4.69, 9.17) is 14.2 Å². The Bertz CT molecular complexity index is 3040. The lowest BCUT2D eigenvalue weighted by molar-refractivity contribution is -0.597. The Balaban J connectivity index is 1.26. The van der Waals surface area contributed by atoms with Crippen LogP contribution >= 0.6 is 0 Å². The monoisotopic (exact) mass is 930 g/mol. The van der Waals surface area contributed by atoms with Crippen LogP contribution in [0, 0.1) is 13.8 Å². The summed E-state index contributed by atoms with van der Waals surface area (Å²) in [6, 6.07) is 33.4. The predicted octanol–water partition coefficient (Wildman–Crippen LogP) is 9.12. The molecule has 0 N–H and O–H groups in total. The summed E-state index contributed by atoms with van der Waals surface area (Å²) in [7, 11) is 12.8. The average Bonchev–Trinajstić information content (AvgIpc) is 3.36. The lowest BCUT2D eigenvalue weighted by atomic mass is 9.84. The van der Waals surface area contributed by atoms with Gasteiger partial charge in [-0.15, -0.1) is 20.5 Å². The number of benzene rings is 3. The summed E-state index contributed by atoms with van der Waals surface area (Å²) < 4.78 is 25.1. The Morgan fingerprint density at radius 3 is 1.59 bits per heavy atom. The molecule has 7 aromatic rings. The Kier molecular flexibility index (Phi) is 16.4. The van der Waals surface area contributed by atoms with Crippen molar-refractivity contribution in [2.75, 3.05) is 62.6 Å². The molecule has 0 amide bonds. The molecular weight excluding hydrogens is 869 g/mol. The van der Waals surface area contributed by atoms with E-state index in [2.05, 4.69) is 42.4 Å². The van der Waals surface area contributed by atoms with Crippen LogP contribution in [-0.2, 0) is 13.1 Å². The molecule has 7 rings (SSSR count). The number of methoxy groups -OCH3 is 3. The van der Waals surface area contributed by atoms with Gasteiger partial charge >= 0.3 is 0 Å². The molecule has 4 aromatic heterocycles. The molecule has 0 spiro atoms. The van der Waals surface area contributed by atoms with Crippen LogP contribution in [0.25, 0.3) is 11.4 Å². The second kappa shape index (κ2) is 22.9. The van der Waals surface area contributed by atoms with Crippen molar-refractivity contribution in [1.29, 1.82) is 0 Å². The number of ether oxygens (including phenoxy) is 3. The second-order valence-corrected chi connectivity index (χ2v) is 17.3. The zero-order valence-electron chi connectivity index (χ0n) is 41.0. The van der Waals surface area contributed by atoms with E-state index >= 15 is 0 Å². The van der Waals surface area contributed by atoms with E-state index in [0.29, 0.717) is 58.7 Å². The SMILES string of the molecule is COc1cc(C(c2ccccc2)c2ccc(N=Nc3c(C)c(-[n+]4ccccc4)c(OC)n(CCCN(C)C)c3=O)c(OC)c2)ccc1N=Nc1c(C)c(-[n+]2ccccc2)cn(CCCN(C)C)c1=O. The molecule has 0 radical (unpaired) electrons. The van der Waals surface area contributed by atoms with Gasteiger partial charge in [-0.05, 0) is 109 Å². The van der Waals surface area contributed by atoms with Crippen molar-refractivity contribution in [1.82, 2.24) is 18.9 Å².